The maximum absolute atomic E-state index is 11.0. The zero-order valence-corrected chi connectivity index (χ0v) is 9.61. The number of nitrogens with one attached hydrogen (secondary N) is 2. The van der Waals surface area contributed by atoms with E-state index in [9.17, 15) is 9.90 Å². The SMILES string of the molecule is NC(=O)c1cc(NC2CCNC2O)nc(Cl)n1. The van der Waals surface area contributed by atoms with Crippen LogP contribution in [0.4, 0.5) is 5.82 Å². The lowest BCUT2D eigenvalue weighted by Crippen LogP contribution is -2.35. The van der Waals surface area contributed by atoms with Gasteiger partial charge in [-0.25, -0.2) is 9.97 Å². The molecule has 1 aliphatic rings. The fraction of sp³-hybridized carbons (Fsp3) is 0.444. The smallest absolute Gasteiger partial charge is 0.267 e. The van der Waals surface area contributed by atoms with E-state index in [0.717, 1.165) is 6.42 Å². The van der Waals surface area contributed by atoms with Crippen LogP contribution in [0.1, 0.15) is 16.9 Å². The van der Waals surface area contributed by atoms with Gasteiger partial charge in [0.15, 0.2) is 0 Å². The molecule has 0 saturated carbocycles. The molecule has 2 rings (SSSR count). The normalized spacial score (nSPS) is 23.6. The van der Waals surface area contributed by atoms with Crippen molar-refractivity contribution in [3.8, 4) is 0 Å². The van der Waals surface area contributed by atoms with Crippen LogP contribution in [0.5, 0.6) is 0 Å². The topological polar surface area (TPSA) is 113 Å². The van der Waals surface area contributed by atoms with E-state index >= 15 is 0 Å². The predicted molar refractivity (Wildman–Crippen MR) is 61.6 cm³/mol. The molecule has 8 heteroatoms. The molecule has 0 aromatic carbocycles. The monoisotopic (exact) mass is 257 g/mol. The van der Waals surface area contributed by atoms with Gasteiger partial charge >= 0.3 is 0 Å². The number of anilines is 1. The summed E-state index contributed by atoms with van der Waals surface area (Å²) in [6, 6.07) is 1.22. The third kappa shape index (κ3) is 2.82. The summed E-state index contributed by atoms with van der Waals surface area (Å²) < 4.78 is 0. The molecule has 92 valence electrons. The number of hydrogen-bond acceptors (Lipinski definition) is 6. The second kappa shape index (κ2) is 4.82. The van der Waals surface area contributed by atoms with Crippen LogP contribution in [0.15, 0.2) is 6.07 Å². The van der Waals surface area contributed by atoms with Crippen LogP contribution in [0.2, 0.25) is 5.28 Å². The Bertz CT molecular complexity index is 441. The summed E-state index contributed by atoms with van der Waals surface area (Å²) >= 11 is 5.67. The number of primary amides is 1. The lowest BCUT2D eigenvalue weighted by molar-refractivity contribution is 0.0995. The van der Waals surface area contributed by atoms with Crippen molar-refractivity contribution in [1.82, 2.24) is 15.3 Å². The molecule has 0 radical (unpaired) electrons. The van der Waals surface area contributed by atoms with Crippen LogP contribution >= 0.6 is 11.6 Å². The van der Waals surface area contributed by atoms with Gasteiger partial charge in [-0.1, -0.05) is 0 Å². The van der Waals surface area contributed by atoms with Crippen molar-refractivity contribution in [2.24, 2.45) is 5.73 Å². The molecule has 1 aromatic heterocycles. The third-order valence-electron chi connectivity index (χ3n) is 2.47. The fourth-order valence-corrected chi connectivity index (χ4v) is 1.83. The Labute approximate surface area is 102 Å². The first-order valence-corrected chi connectivity index (χ1v) is 5.46. The molecule has 5 N–H and O–H groups in total. The Morgan fingerprint density at radius 2 is 2.41 bits per heavy atom. The van der Waals surface area contributed by atoms with E-state index < -0.39 is 12.1 Å². The zero-order valence-electron chi connectivity index (χ0n) is 8.85. The standard InChI is InChI=1S/C9H12ClN5O2/c10-9-14-5(7(11)16)3-6(15-9)13-4-1-2-12-8(4)17/h3-4,8,12,17H,1-2H2,(H2,11,16)(H,13,14,15). The molecule has 0 aliphatic carbocycles. The van der Waals surface area contributed by atoms with E-state index in [0.29, 0.717) is 12.4 Å². The highest BCUT2D eigenvalue weighted by molar-refractivity contribution is 6.28. The van der Waals surface area contributed by atoms with Gasteiger partial charge in [-0.05, 0) is 24.6 Å². The van der Waals surface area contributed by atoms with Crippen LogP contribution < -0.4 is 16.4 Å². The van der Waals surface area contributed by atoms with Crippen LogP contribution in [-0.4, -0.2) is 39.8 Å². The molecular formula is C9H12ClN5O2. The predicted octanol–water partition coefficient (Wildman–Crippen LogP) is -0.679. The minimum atomic E-state index is -0.678. The molecule has 2 unspecified atom stereocenters. The van der Waals surface area contributed by atoms with Gasteiger partial charge < -0.3 is 16.2 Å². The van der Waals surface area contributed by atoms with Crippen LogP contribution in [0, 0.1) is 0 Å². The highest BCUT2D eigenvalue weighted by atomic mass is 35.5. The number of aliphatic hydroxyl groups excluding tert-OH is 1. The third-order valence-corrected chi connectivity index (χ3v) is 2.64. The van der Waals surface area contributed by atoms with E-state index in [-0.39, 0.29) is 17.0 Å². The quantitative estimate of drug-likeness (QED) is 0.534. The number of carbonyl (C=O) groups is 1. The first-order valence-electron chi connectivity index (χ1n) is 5.08. The average molecular weight is 258 g/mol. The second-order valence-corrected chi connectivity index (χ2v) is 4.05. The summed E-state index contributed by atoms with van der Waals surface area (Å²) in [6.07, 6.45) is 0.0927. The molecule has 2 atom stereocenters. The lowest BCUT2D eigenvalue weighted by atomic mass is 10.2. The zero-order chi connectivity index (χ0) is 12.4. The van der Waals surface area contributed by atoms with Gasteiger partial charge in [0.1, 0.15) is 17.7 Å². The molecule has 0 bridgehead atoms. The van der Waals surface area contributed by atoms with E-state index in [1.165, 1.54) is 6.07 Å². The van der Waals surface area contributed by atoms with E-state index in [4.69, 9.17) is 17.3 Å². The first kappa shape index (κ1) is 12.0. The van der Waals surface area contributed by atoms with Crippen LogP contribution in [0.25, 0.3) is 0 Å². The first-order chi connectivity index (χ1) is 8.06. The Kier molecular flexibility index (Phi) is 3.41. The number of halogens is 1. The number of carbonyl (C=O) groups excluding carboxylic acids is 1. The molecule has 1 aromatic rings. The van der Waals surface area contributed by atoms with Gasteiger partial charge in [0, 0.05) is 6.07 Å². The maximum atomic E-state index is 11.0. The molecular weight excluding hydrogens is 246 g/mol. The van der Waals surface area contributed by atoms with Crippen molar-refractivity contribution in [3.63, 3.8) is 0 Å². The lowest BCUT2D eigenvalue weighted by Gasteiger charge is -2.16. The molecule has 1 saturated heterocycles. The molecule has 1 aliphatic heterocycles. The highest BCUT2D eigenvalue weighted by Gasteiger charge is 2.25. The number of rotatable bonds is 3. The largest absolute Gasteiger partial charge is 0.376 e. The summed E-state index contributed by atoms with van der Waals surface area (Å²) in [7, 11) is 0. The van der Waals surface area contributed by atoms with Gasteiger partial charge in [-0.2, -0.15) is 0 Å². The van der Waals surface area contributed by atoms with Crippen molar-refractivity contribution in [2.75, 3.05) is 11.9 Å². The van der Waals surface area contributed by atoms with Crippen molar-refractivity contribution in [2.45, 2.75) is 18.7 Å². The van der Waals surface area contributed by atoms with E-state index in [1.54, 1.807) is 0 Å². The van der Waals surface area contributed by atoms with Crippen molar-refractivity contribution < 1.29 is 9.90 Å². The minimum Gasteiger partial charge on any atom is -0.376 e. The molecule has 2 heterocycles. The number of aliphatic hydroxyl groups is 1. The summed E-state index contributed by atoms with van der Waals surface area (Å²) in [5.41, 5.74) is 5.14. The highest BCUT2D eigenvalue weighted by Crippen LogP contribution is 2.15. The minimum absolute atomic E-state index is 0.0351. The fourth-order valence-electron chi connectivity index (χ4n) is 1.65. The number of aromatic nitrogens is 2. The van der Waals surface area contributed by atoms with Crippen LogP contribution in [0.3, 0.4) is 0 Å². The molecule has 17 heavy (non-hydrogen) atoms. The van der Waals surface area contributed by atoms with E-state index in [2.05, 4.69) is 20.6 Å². The maximum Gasteiger partial charge on any atom is 0.267 e. The van der Waals surface area contributed by atoms with Crippen molar-refractivity contribution in [1.29, 1.82) is 0 Å². The number of amides is 1. The van der Waals surface area contributed by atoms with Gasteiger partial charge in [0.05, 0.1) is 6.04 Å². The number of nitrogens with zero attached hydrogens (tertiary/aromatic N) is 2. The number of nitrogens with two attached hydrogens (primary N) is 1. The van der Waals surface area contributed by atoms with Crippen molar-refractivity contribution in [3.05, 3.63) is 17.0 Å². The molecule has 1 fully saturated rings. The van der Waals surface area contributed by atoms with Gasteiger partial charge in [-0.3, -0.25) is 10.1 Å². The van der Waals surface area contributed by atoms with Gasteiger partial charge in [-0.15, -0.1) is 0 Å². The molecule has 0 spiro atoms. The second-order valence-electron chi connectivity index (χ2n) is 3.71. The summed E-state index contributed by atoms with van der Waals surface area (Å²) in [4.78, 5) is 18.6. The molecule has 7 nitrogen and oxygen atoms in total. The Hall–Kier alpha value is -1.44. The van der Waals surface area contributed by atoms with Crippen molar-refractivity contribution >= 4 is 23.3 Å². The summed E-state index contributed by atoms with van der Waals surface area (Å²) in [5, 5.41) is 15.3. The summed E-state index contributed by atoms with van der Waals surface area (Å²) in [5.74, 6) is -0.311. The Morgan fingerprint density at radius 1 is 1.65 bits per heavy atom. The van der Waals surface area contributed by atoms with Gasteiger partial charge in [0.25, 0.3) is 5.91 Å². The number of hydrogen-bond donors (Lipinski definition) is 4. The Morgan fingerprint density at radius 3 is 3.00 bits per heavy atom. The summed E-state index contributed by atoms with van der Waals surface area (Å²) in [6.45, 7) is 0.709. The van der Waals surface area contributed by atoms with E-state index in [1.807, 2.05) is 0 Å². The molecule has 1 amide bonds. The Balaban J connectivity index is 2.17. The van der Waals surface area contributed by atoms with Crippen LogP contribution in [-0.2, 0) is 0 Å². The average Bonchev–Trinajstić information content (AvgIpc) is 2.63. The van der Waals surface area contributed by atoms with Gasteiger partial charge in [0.2, 0.25) is 5.28 Å².